The molecule has 2 bridgehead atoms. The van der Waals surface area contributed by atoms with Crippen molar-refractivity contribution in [3.63, 3.8) is 0 Å². The Balaban J connectivity index is 2.32. The van der Waals surface area contributed by atoms with Crippen LogP contribution in [0.2, 0.25) is 0 Å². The van der Waals surface area contributed by atoms with Crippen molar-refractivity contribution in [3.8, 4) is 0 Å². The minimum atomic E-state index is -5.71. The number of alkyl halides is 6. The monoisotopic (exact) mass is 374 g/mol. The fourth-order valence-electron chi connectivity index (χ4n) is 3.64. The molecule has 2 rings (SSSR count). The number of fused-ring (bicyclic) bond motifs is 2. The normalized spacial score (nSPS) is 27.0. The van der Waals surface area contributed by atoms with Gasteiger partial charge < -0.3 is 9.47 Å². The molecule has 0 spiro atoms. The predicted molar refractivity (Wildman–Crippen MR) is 75.5 cm³/mol. The lowest BCUT2D eigenvalue weighted by Gasteiger charge is -2.43. The van der Waals surface area contributed by atoms with Gasteiger partial charge >= 0.3 is 18.3 Å². The van der Waals surface area contributed by atoms with Crippen molar-refractivity contribution < 1.29 is 40.6 Å². The summed E-state index contributed by atoms with van der Waals surface area (Å²) in [6, 6.07) is 0. The summed E-state index contributed by atoms with van der Waals surface area (Å²) >= 11 is 0. The topological polar surface area (TPSA) is 35.5 Å². The first-order chi connectivity index (χ1) is 11.2. The fraction of sp³-hybridized carbons (Fsp3) is 0.812. The molecule has 0 saturated heterocycles. The van der Waals surface area contributed by atoms with Crippen molar-refractivity contribution in [2.45, 2.75) is 57.2 Å². The summed E-state index contributed by atoms with van der Waals surface area (Å²) in [6.07, 6.45) is -8.47. The highest BCUT2D eigenvalue weighted by Gasteiger charge is 2.77. The van der Waals surface area contributed by atoms with Gasteiger partial charge in [-0.05, 0) is 45.4 Å². The van der Waals surface area contributed by atoms with Gasteiger partial charge in [0, 0.05) is 5.92 Å². The average Bonchev–Trinajstić information content (AvgIpc) is 2.96. The highest BCUT2D eigenvalue weighted by molar-refractivity contribution is 5.71. The number of ether oxygens (including phenoxy) is 2. The standard InChI is InChI=1S/C16H20F6O3/c1-13(2,3)25-12(23)8-24-14(15(17,18)19,16(20,21)22)11-7-9-4-5-10(11)6-9/h4-5,9-11H,6-8H2,1-3H3. The Labute approximate surface area is 141 Å². The Morgan fingerprint density at radius 2 is 1.56 bits per heavy atom. The highest BCUT2D eigenvalue weighted by atomic mass is 19.4. The molecule has 144 valence electrons. The maximum Gasteiger partial charge on any atom is 0.426 e. The van der Waals surface area contributed by atoms with Crippen molar-refractivity contribution in [1.29, 1.82) is 0 Å². The molecule has 0 amide bonds. The lowest BCUT2D eigenvalue weighted by atomic mass is 9.77. The van der Waals surface area contributed by atoms with Crippen LogP contribution in [-0.2, 0) is 14.3 Å². The summed E-state index contributed by atoms with van der Waals surface area (Å²) in [6.45, 7) is 2.93. The number of carbonyl (C=O) groups is 1. The van der Waals surface area contributed by atoms with E-state index in [0.29, 0.717) is 0 Å². The van der Waals surface area contributed by atoms with Gasteiger partial charge in [0.1, 0.15) is 12.2 Å². The van der Waals surface area contributed by atoms with E-state index < -0.39 is 48.0 Å². The minimum Gasteiger partial charge on any atom is -0.458 e. The number of allylic oxidation sites excluding steroid dienone is 2. The number of halogens is 6. The summed E-state index contributed by atoms with van der Waals surface area (Å²) in [4.78, 5) is 11.6. The molecular formula is C16H20F6O3. The summed E-state index contributed by atoms with van der Waals surface area (Å²) in [5.41, 5.74) is -5.43. The molecule has 9 heteroatoms. The molecule has 1 fully saturated rings. The largest absolute Gasteiger partial charge is 0.458 e. The Morgan fingerprint density at radius 3 is 1.92 bits per heavy atom. The van der Waals surface area contributed by atoms with Gasteiger partial charge in [0.25, 0.3) is 5.60 Å². The van der Waals surface area contributed by atoms with Crippen LogP contribution >= 0.6 is 0 Å². The van der Waals surface area contributed by atoms with Gasteiger partial charge in [-0.3, -0.25) is 0 Å². The second-order valence-electron chi connectivity index (χ2n) is 7.49. The number of esters is 1. The zero-order valence-electron chi connectivity index (χ0n) is 14.0. The van der Waals surface area contributed by atoms with Crippen LogP contribution in [0.3, 0.4) is 0 Å². The zero-order chi connectivity index (χ0) is 19.3. The molecule has 0 aromatic heterocycles. The lowest BCUT2D eigenvalue weighted by Crippen LogP contribution is -2.64. The first-order valence-corrected chi connectivity index (χ1v) is 7.85. The molecule has 0 radical (unpaired) electrons. The molecule has 0 N–H and O–H groups in total. The maximum atomic E-state index is 13.6. The van der Waals surface area contributed by atoms with Crippen molar-refractivity contribution in [2.24, 2.45) is 17.8 Å². The smallest absolute Gasteiger partial charge is 0.426 e. The Bertz CT molecular complexity index is 530. The number of carbonyl (C=O) groups excluding carboxylic acids is 1. The highest BCUT2D eigenvalue weighted by Crippen LogP contribution is 2.59. The van der Waals surface area contributed by atoms with Gasteiger partial charge in [-0.15, -0.1) is 0 Å². The van der Waals surface area contributed by atoms with Gasteiger partial charge in [0.2, 0.25) is 0 Å². The van der Waals surface area contributed by atoms with E-state index in [9.17, 15) is 31.1 Å². The molecule has 0 aliphatic heterocycles. The SMILES string of the molecule is CC(C)(C)OC(=O)COC(C1CC2C=CC1C2)(C(F)(F)F)C(F)(F)F. The van der Waals surface area contributed by atoms with Crippen LogP contribution in [0.1, 0.15) is 33.6 Å². The summed E-state index contributed by atoms with van der Waals surface area (Å²) in [5.74, 6) is -4.30. The molecule has 2 aliphatic rings. The number of hydrogen-bond acceptors (Lipinski definition) is 3. The van der Waals surface area contributed by atoms with Gasteiger partial charge in [-0.25, -0.2) is 4.79 Å². The van der Waals surface area contributed by atoms with E-state index in [2.05, 4.69) is 4.74 Å². The molecule has 2 aliphatic carbocycles. The molecule has 3 atom stereocenters. The van der Waals surface area contributed by atoms with Crippen molar-refractivity contribution in [3.05, 3.63) is 12.2 Å². The minimum absolute atomic E-state index is 0.231. The third kappa shape index (κ3) is 3.80. The van der Waals surface area contributed by atoms with E-state index in [1.165, 1.54) is 26.8 Å². The van der Waals surface area contributed by atoms with Gasteiger partial charge in [-0.1, -0.05) is 12.2 Å². The van der Waals surface area contributed by atoms with Crippen LogP contribution in [0.15, 0.2) is 12.2 Å². The first-order valence-electron chi connectivity index (χ1n) is 7.85. The van der Waals surface area contributed by atoms with Gasteiger partial charge in [-0.2, -0.15) is 26.3 Å². The molecular weight excluding hydrogens is 354 g/mol. The molecule has 3 unspecified atom stereocenters. The van der Waals surface area contributed by atoms with E-state index >= 15 is 0 Å². The molecule has 0 heterocycles. The number of hydrogen-bond donors (Lipinski definition) is 0. The van der Waals surface area contributed by atoms with Gasteiger partial charge in [0.05, 0.1) is 0 Å². The second-order valence-corrected chi connectivity index (χ2v) is 7.49. The van der Waals surface area contributed by atoms with Crippen LogP contribution in [-0.4, -0.2) is 36.1 Å². The van der Waals surface area contributed by atoms with Crippen molar-refractivity contribution in [2.75, 3.05) is 6.61 Å². The summed E-state index contributed by atoms with van der Waals surface area (Å²) in [7, 11) is 0. The van der Waals surface area contributed by atoms with Crippen LogP contribution in [0.25, 0.3) is 0 Å². The molecule has 0 aromatic carbocycles. The molecule has 25 heavy (non-hydrogen) atoms. The molecule has 0 aromatic rings. The quantitative estimate of drug-likeness (QED) is 0.415. The Hall–Kier alpha value is -1.25. The fourth-order valence-corrected chi connectivity index (χ4v) is 3.64. The third-order valence-corrected chi connectivity index (χ3v) is 4.48. The van der Waals surface area contributed by atoms with Crippen LogP contribution < -0.4 is 0 Å². The van der Waals surface area contributed by atoms with E-state index in [4.69, 9.17) is 4.74 Å². The third-order valence-electron chi connectivity index (χ3n) is 4.48. The molecule has 1 saturated carbocycles. The van der Waals surface area contributed by atoms with Crippen LogP contribution in [0.5, 0.6) is 0 Å². The van der Waals surface area contributed by atoms with E-state index in [0.717, 1.165) is 0 Å². The van der Waals surface area contributed by atoms with E-state index in [1.54, 1.807) is 6.08 Å². The van der Waals surface area contributed by atoms with Gasteiger partial charge in [0.15, 0.2) is 0 Å². The van der Waals surface area contributed by atoms with E-state index in [-0.39, 0.29) is 18.8 Å². The molecule has 3 nitrogen and oxygen atoms in total. The summed E-state index contributed by atoms with van der Waals surface area (Å²) in [5, 5.41) is 0. The van der Waals surface area contributed by atoms with Crippen LogP contribution in [0, 0.1) is 17.8 Å². The Morgan fingerprint density at radius 1 is 1.00 bits per heavy atom. The second kappa shape index (κ2) is 6.17. The maximum absolute atomic E-state index is 13.6. The average molecular weight is 374 g/mol. The summed E-state index contributed by atoms with van der Waals surface area (Å²) < 4.78 is 90.8. The lowest BCUT2D eigenvalue weighted by molar-refractivity contribution is -0.398. The number of rotatable bonds is 4. The van der Waals surface area contributed by atoms with Crippen LogP contribution in [0.4, 0.5) is 26.3 Å². The predicted octanol–water partition coefficient (Wildman–Crippen LogP) is 4.42. The van der Waals surface area contributed by atoms with E-state index in [1.807, 2.05) is 0 Å². The first kappa shape index (κ1) is 20.1. The zero-order valence-corrected chi connectivity index (χ0v) is 14.0. The van der Waals surface area contributed by atoms with Crippen molar-refractivity contribution >= 4 is 5.97 Å². The Kier molecular flexibility index (Phi) is 4.96. The van der Waals surface area contributed by atoms with Crippen molar-refractivity contribution in [1.82, 2.24) is 0 Å².